The zero-order valence-electron chi connectivity index (χ0n) is 15.6. The minimum absolute atomic E-state index is 0.0698. The second kappa shape index (κ2) is 8.34. The van der Waals surface area contributed by atoms with Crippen molar-refractivity contribution in [1.82, 2.24) is 20.7 Å². The lowest BCUT2D eigenvalue weighted by molar-refractivity contribution is 0.0751. The number of hydrogen-bond donors (Lipinski definition) is 2. The fourth-order valence-electron chi connectivity index (χ4n) is 3.97. The Kier molecular flexibility index (Phi) is 5.66. The van der Waals surface area contributed by atoms with Crippen molar-refractivity contribution in [2.75, 3.05) is 26.2 Å². The molecule has 7 heteroatoms. The van der Waals surface area contributed by atoms with Gasteiger partial charge in [-0.3, -0.25) is 9.69 Å². The highest BCUT2D eigenvalue weighted by Crippen LogP contribution is 2.24. The minimum Gasteiger partial charge on any atom is -0.337 e. The van der Waals surface area contributed by atoms with Crippen molar-refractivity contribution in [2.24, 2.45) is 0 Å². The summed E-state index contributed by atoms with van der Waals surface area (Å²) in [5, 5.41) is 0. The average molecular weight is 386 g/mol. The Hall–Kier alpha value is -2.35. The smallest absolute Gasteiger partial charge is 0.256 e. The van der Waals surface area contributed by atoms with Crippen LogP contribution in [0.1, 0.15) is 34.8 Å². The fourth-order valence-corrected chi connectivity index (χ4v) is 3.97. The predicted molar refractivity (Wildman–Crippen MR) is 102 cm³/mol. The molecule has 2 saturated heterocycles. The highest BCUT2D eigenvalue weighted by atomic mass is 19.1. The van der Waals surface area contributed by atoms with Gasteiger partial charge >= 0.3 is 0 Å². The maximum Gasteiger partial charge on any atom is 0.256 e. The molecule has 2 aromatic rings. The van der Waals surface area contributed by atoms with E-state index in [0.29, 0.717) is 19.6 Å². The summed E-state index contributed by atoms with van der Waals surface area (Å²) in [5.41, 5.74) is 7.90. The van der Waals surface area contributed by atoms with E-state index in [4.69, 9.17) is 0 Å². The monoisotopic (exact) mass is 386 g/mol. The van der Waals surface area contributed by atoms with E-state index < -0.39 is 11.6 Å². The molecule has 0 bridgehead atoms. The van der Waals surface area contributed by atoms with Gasteiger partial charge in [0.05, 0.1) is 11.7 Å². The molecule has 2 aliphatic rings. The van der Waals surface area contributed by atoms with Gasteiger partial charge in [0.1, 0.15) is 11.6 Å². The average Bonchev–Trinajstić information content (AvgIpc) is 3.06. The molecule has 148 valence electrons. The van der Waals surface area contributed by atoms with Gasteiger partial charge in [0, 0.05) is 38.3 Å². The van der Waals surface area contributed by atoms with Crippen molar-refractivity contribution >= 4 is 5.91 Å². The van der Waals surface area contributed by atoms with Gasteiger partial charge in [-0.25, -0.2) is 19.6 Å². The number of carbonyl (C=O) groups excluding carboxylic acids is 1. The lowest BCUT2D eigenvalue weighted by Crippen LogP contribution is -2.46. The number of halogens is 2. The molecule has 0 aliphatic carbocycles. The van der Waals surface area contributed by atoms with Gasteiger partial charge in [-0.15, -0.1) is 0 Å². The van der Waals surface area contributed by atoms with Crippen LogP contribution in [0, 0.1) is 11.6 Å². The van der Waals surface area contributed by atoms with Crippen molar-refractivity contribution in [3.63, 3.8) is 0 Å². The highest BCUT2D eigenvalue weighted by molar-refractivity contribution is 5.94. The quantitative estimate of drug-likeness (QED) is 0.852. The zero-order valence-corrected chi connectivity index (χ0v) is 15.6. The van der Waals surface area contributed by atoms with Gasteiger partial charge < -0.3 is 4.90 Å². The molecule has 0 radical (unpaired) electrons. The molecule has 2 aromatic carbocycles. The number of hydrogen-bond acceptors (Lipinski definition) is 4. The third-order valence-electron chi connectivity index (χ3n) is 5.51. The van der Waals surface area contributed by atoms with Crippen LogP contribution >= 0.6 is 0 Å². The van der Waals surface area contributed by atoms with E-state index in [0.717, 1.165) is 31.5 Å². The van der Waals surface area contributed by atoms with Gasteiger partial charge in [-0.2, -0.15) is 0 Å². The first-order chi connectivity index (χ1) is 13.6. The molecule has 0 aromatic heterocycles. The summed E-state index contributed by atoms with van der Waals surface area (Å²) in [7, 11) is 0. The summed E-state index contributed by atoms with van der Waals surface area (Å²) < 4.78 is 27.1. The highest BCUT2D eigenvalue weighted by Gasteiger charge is 2.31. The van der Waals surface area contributed by atoms with Gasteiger partial charge in [-0.05, 0) is 30.5 Å². The second-order valence-corrected chi connectivity index (χ2v) is 7.31. The maximum absolute atomic E-state index is 14.0. The molecule has 0 saturated carbocycles. The third kappa shape index (κ3) is 4.06. The van der Waals surface area contributed by atoms with Crippen LogP contribution < -0.4 is 10.9 Å². The van der Waals surface area contributed by atoms with E-state index in [9.17, 15) is 13.6 Å². The van der Waals surface area contributed by atoms with Crippen LogP contribution in [0.2, 0.25) is 0 Å². The molecular formula is C21H24F2N4O. The van der Waals surface area contributed by atoms with Crippen LogP contribution in [0.4, 0.5) is 8.78 Å². The van der Waals surface area contributed by atoms with E-state index >= 15 is 0 Å². The molecule has 1 amide bonds. The van der Waals surface area contributed by atoms with Crippen LogP contribution in [-0.4, -0.2) is 48.1 Å². The van der Waals surface area contributed by atoms with Crippen molar-refractivity contribution in [3.05, 3.63) is 71.3 Å². The Morgan fingerprint density at radius 2 is 1.79 bits per heavy atom. The first kappa shape index (κ1) is 19.0. The molecule has 28 heavy (non-hydrogen) atoms. The minimum atomic E-state index is -0.807. The SMILES string of the molecule is O=C(c1ccc(F)cc1F)N1CCCN(C2CC(c3ccccc3)NN2)CC1. The van der Waals surface area contributed by atoms with E-state index in [1.54, 1.807) is 4.90 Å². The maximum atomic E-state index is 14.0. The Labute approximate surface area is 163 Å². The molecule has 2 aliphatic heterocycles. The van der Waals surface area contributed by atoms with E-state index in [1.165, 1.54) is 11.6 Å². The molecule has 2 fully saturated rings. The van der Waals surface area contributed by atoms with E-state index in [2.05, 4.69) is 27.9 Å². The molecule has 5 nitrogen and oxygen atoms in total. The van der Waals surface area contributed by atoms with Gasteiger partial charge in [-0.1, -0.05) is 30.3 Å². The number of carbonyl (C=O) groups is 1. The van der Waals surface area contributed by atoms with Gasteiger partial charge in [0.2, 0.25) is 0 Å². The van der Waals surface area contributed by atoms with E-state index in [1.807, 2.05) is 18.2 Å². The van der Waals surface area contributed by atoms with Gasteiger partial charge in [0.25, 0.3) is 5.91 Å². The largest absolute Gasteiger partial charge is 0.337 e. The molecule has 2 N–H and O–H groups in total. The summed E-state index contributed by atoms with van der Waals surface area (Å²) >= 11 is 0. The summed E-state index contributed by atoms with van der Waals surface area (Å²) in [6.45, 7) is 2.64. The lowest BCUT2D eigenvalue weighted by Gasteiger charge is -2.27. The molecule has 0 spiro atoms. The van der Waals surface area contributed by atoms with Crippen LogP contribution in [0.5, 0.6) is 0 Å². The summed E-state index contributed by atoms with van der Waals surface area (Å²) in [6.07, 6.45) is 1.93. The third-order valence-corrected chi connectivity index (χ3v) is 5.51. The normalized spacial score (nSPS) is 23.6. The predicted octanol–water partition coefficient (Wildman–Crippen LogP) is 2.68. The van der Waals surface area contributed by atoms with Crippen LogP contribution in [0.15, 0.2) is 48.5 Å². The standard InChI is InChI=1S/C21H24F2N4O/c22-16-7-8-17(18(23)13-16)21(28)27-10-4-9-26(11-12-27)20-14-19(24-25-20)15-5-2-1-3-6-15/h1-3,5-8,13,19-20,24-25H,4,9-12,14H2. The van der Waals surface area contributed by atoms with E-state index in [-0.39, 0.29) is 23.7 Å². The molecule has 2 heterocycles. The summed E-state index contributed by atoms with van der Waals surface area (Å²) in [4.78, 5) is 16.7. The molecule has 4 rings (SSSR count). The number of nitrogens with one attached hydrogen (secondary N) is 2. The number of benzene rings is 2. The zero-order chi connectivity index (χ0) is 19.5. The Bertz CT molecular complexity index is 832. The van der Waals surface area contributed by atoms with Crippen molar-refractivity contribution < 1.29 is 13.6 Å². The number of hydrazine groups is 1. The van der Waals surface area contributed by atoms with Crippen LogP contribution in [0.25, 0.3) is 0 Å². The van der Waals surface area contributed by atoms with Crippen molar-refractivity contribution in [1.29, 1.82) is 0 Å². The second-order valence-electron chi connectivity index (χ2n) is 7.31. The summed E-state index contributed by atoms with van der Waals surface area (Å²) in [5.74, 6) is -1.86. The molecular weight excluding hydrogens is 362 g/mol. The van der Waals surface area contributed by atoms with Crippen LogP contribution in [0.3, 0.4) is 0 Å². The Morgan fingerprint density at radius 1 is 0.964 bits per heavy atom. The number of rotatable bonds is 3. The topological polar surface area (TPSA) is 47.6 Å². The summed E-state index contributed by atoms with van der Waals surface area (Å²) in [6, 6.07) is 13.7. The Balaban J connectivity index is 1.37. The Morgan fingerprint density at radius 3 is 2.57 bits per heavy atom. The first-order valence-corrected chi connectivity index (χ1v) is 9.66. The lowest BCUT2D eigenvalue weighted by atomic mass is 10.0. The van der Waals surface area contributed by atoms with Gasteiger partial charge in [0.15, 0.2) is 0 Å². The number of nitrogens with zero attached hydrogens (tertiary/aromatic N) is 2. The van der Waals surface area contributed by atoms with Crippen LogP contribution in [-0.2, 0) is 0 Å². The number of amides is 1. The molecule has 2 unspecified atom stereocenters. The first-order valence-electron chi connectivity index (χ1n) is 9.66. The fraction of sp³-hybridized carbons (Fsp3) is 0.381. The molecule has 2 atom stereocenters. The van der Waals surface area contributed by atoms with Crippen molar-refractivity contribution in [3.8, 4) is 0 Å². The van der Waals surface area contributed by atoms with Crippen molar-refractivity contribution in [2.45, 2.75) is 25.0 Å².